The van der Waals surface area contributed by atoms with Crippen LogP contribution in [0.4, 0.5) is 0 Å². The van der Waals surface area contributed by atoms with Crippen LogP contribution in [0.25, 0.3) is 10.4 Å². The number of aliphatic hydroxyl groups is 1. The highest BCUT2D eigenvalue weighted by Gasteiger charge is 2.44. The number of carbonyl (C=O) groups excluding carboxylic acids is 3. The maximum absolute atomic E-state index is 13.7. The van der Waals surface area contributed by atoms with Crippen molar-refractivity contribution in [2.75, 3.05) is 13.1 Å². The van der Waals surface area contributed by atoms with Gasteiger partial charge in [-0.15, -0.1) is 11.3 Å². The summed E-state index contributed by atoms with van der Waals surface area (Å²) in [6.45, 7) is 8.69. The lowest BCUT2D eigenvalue weighted by Gasteiger charge is -2.35. The third-order valence-corrected chi connectivity index (χ3v) is 8.30. The minimum atomic E-state index is -0.805. The van der Waals surface area contributed by atoms with Crippen LogP contribution >= 0.6 is 11.3 Å². The Morgan fingerprint density at radius 3 is 2.42 bits per heavy atom. The Kier molecular flexibility index (Phi) is 11.7. The lowest BCUT2D eigenvalue weighted by atomic mass is 9.85. The summed E-state index contributed by atoms with van der Waals surface area (Å²) in [5.41, 5.74) is 9.77. The van der Waals surface area contributed by atoms with Crippen LogP contribution in [0.1, 0.15) is 77.0 Å². The molecule has 0 bridgehead atoms. The van der Waals surface area contributed by atoms with Gasteiger partial charge in [0.25, 0.3) is 0 Å². The van der Waals surface area contributed by atoms with Crippen LogP contribution < -0.4 is 16.4 Å². The maximum Gasteiger partial charge on any atom is 0.246 e. The number of aliphatic hydroxyl groups excluding tert-OH is 1. The SMILES string of the molecule is Cc1ncsc1-c1ccc(CNC(=O)C2CC(O)CN2C(=O)[C@@H](NC(=O)CCCCCCCN)C(C)(C)C)cc1. The molecule has 0 radical (unpaired) electrons. The summed E-state index contributed by atoms with van der Waals surface area (Å²) in [6, 6.07) is 6.34. The predicted molar refractivity (Wildman–Crippen MR) is 158 cm³/mol. The zero-order valence-corrected chi connectivity index (χ0v) is 25.1. The normalized spacial score (nSPS) is 18.0. The number of rotatable bonds is 13. The number of benzene rings is 1. The van der Waals surface area contributed by atoms with E-state index in [9.17, 15) is 19.5 Å². The summed E-state index contributed by atoms with van der Waals surface area (Å²) in [4.78, 5) is 46.5. The Bertz CT molecular complexity index is 1130. The van der Waals surface area contributed by atoms with Gasteiger partial charge in [-0.25, -0.2) is 4.98 Å². The first-order valence-electron chi connectivity index (χ1n) is 14.3. The van der Waals surface area contributed by atoms with Gasteiger partial charge in [-0.1, -0.05) is 64.3 Å². The fraction of sp³-hybridized carbons (Fsp3) is 0.600. The smallest absolute Gasteiger partial charge is 0.246 e. The minimum Gasteiger partial charge on any atom is -0.391 e. The fourth-order valence-electron chi connectivity index (χ4n) is 4.97. The molecule has 1 aliphatic rings. The predicted octanol–water partition coefficient (Wildman–Crippen LogP) is 3.53. The van der Waals surface area contributed by atoms with E-state index >= 15 is 0 Å². The van der Waals surface area contributed by atoms with Gasteiger partial charge in [0.15, 0.2) is 0 Å². The van der Waals surface area contributed by atoms with Gasteiger partial charge >= 0.3 is 0 Å². The van der Waals surface area contributed by atoms with Crippen LogP contribution in [0.3, 0.4) is 0 Å². The average molecular weight is 572 g/mol. The number of carbonyl (C=O) groups is 3. The van der Waals surface area contributed by atoms with E-state index < -0.39 is 23.6 Å². The molecule has 40 heavy (non-hydrogen) atoms. The molecule has 9 nitrogen and oxygen atoms in total. The van der Waals surface area contributed by atoms with Gasteiger partial charge in [0.2, 0.25) is 17.7 Å². The van der Waals surface area contributed by atoms with Crippen LogP contribution in [0.15, 0.2) is 29.8 Å². The molecule has 220 valence electrons. The number of hydrogen-bond acceptors (Lipinski definition) is 7. The Balaban J connectivity index is 1.59. The minimum absolute atomic E-state index is 0.0589. The molecule has 3 atom stereocenters. The molecule has 1 aliphatic heterocycles. The second kappa shape index (κ2) is 14.7. The lowest BCUT2D eigenvalue weighted by Crippen LogP contribution is -2.57. The van der Waals surface area contributed by atoms with Crippen LogP contribution in [-0.2, 0) is 20.9 Å². The van der Waals surface area contributed by atoms with Crippen LogP contribution in [0.2, 0.25) is 0 Å². The standard InChI is InChI=1S/C30H45N5O4S/c1-20-26(40-19-33-20)22-13-11-21(12-14-22)17-32-28(38)24-16-23(36)18-35(24)29(39)27(30(2,3)4)34-25(37)10-8-6-5-7-9-15-31/h11-14,19,23-24,27,36H,5-10,15-18,31H2,1-4H3,(H,32,38)(H,34,37)/t23?,24?,27-/m1/s1. The van der Waals surface area contributed by atoms with Crippen molar-refractivity contribution < 1.29 is 19.5 Å². The second-order valence-corrected chi connectivity index (χ2v) is 12.6. The first-order chi connectivity index (χ1) is 19.0. The summed E-state index contributed by atoms with van der Waals surface area (Å²) in [5.74, 6) is -0.835. The number of β-amino-alcohol motifs (C(OH)–C–C–N with tert-alkyl or cyclic N) is 1. The van der Waals surface area contributed by atoms with Crippen LogP contribution in [0.5, 0.6) is 0 Å². The highest BCUT2D eigenvalue weighted by Crippen LogP contribution is 2.28. The molecule has 1 saturated heterocycles. The molecule has 2 aromatic rings. The first kappa shape index (κ1) is 31.7. The molecule has 3 amide bonds. The van der Waals surface area contributed by atoms with Gasteiger partial charge < -0.3 is 26.4 Å². The van der Waals surface area contributed by atoms with Crippen molar-refractivity contribution in [1.29, 1.82) is 0 Å². The zero-order chi connectivity index (χ0) is 29.3. The molecule has 5 N–H and O–H groups in total. The first-order valence-corrected chi connectivity index (χ1v) is 15.1. The van der Waals surface area contributed by atoms with Crippen LogP contribution in [-0.4, -0.2) is 64.0 Å². The number of aryl methyl sites for hydroxylation is 1. The maximum atomic E-state index is 13.7. The number of nitrogens with zero attached hydrogens (tertiary/aromatic N) is 2. The molecule has 1 aromatic heterocycles. The quantitative estimate of drug-likeness (QED) is 0.272. The molecule has 1 aromatic carbocycles. The topological polar surface area (TPSA) is 138 Å². The number of hydrogen-bond donors (Lipinski definition) is 4. The Hall–Kier alpha value is -2.82. The number of thiazole rings is 1. The molecule has 2 unspecified atom stereocenters. The molecule has 3 rings (SSSR count). The third kappa shape index (κ3) is 8.84. The van der Waals surface area contributed by atoms with Crippen molar-refractivity contribution in [3.8, 4) is 10.4 Å². The number of unbranched alkanes of at least 4 members (excludes halogenated alkanes) is 4. The number of nitrogens with two attached hydrogens (primary N) is 1. The molecule has 0 spiro atoms. The fourth-order valence-corrected chi connectivity index (χ4v) is 5.79. The van der Waals surface area contributed by atoms with Crippen molar-refractivity contribution in [2.24, 2.45) is 11.1 Å². The van der Waals surface area contributed by atoms with E-state index in [2.05, 4.69) is 15.6 Å². The molecular weight excluding hydrogens is 526 g/mol. The number of nitrogens with one attached hydrogen (secondary N) is 2. The Morgan fingerprint density at radius 1 is 1.12 bits per heavy atom. The monoisotopic (exact) mass is 571 g/mol. The van der Waals surface area contributed by atoms with Gasteiger partial charge in [-0.05, 0) is 42.9 Å². The summed E-state index contributed by atoms with van der Waals surface area (Å²) in [6.07, 6.45) is 4.47. The zero-order valence-electron chi connectivity index (χ0n) is 24.2. The van der Waals surface area contributed by atoms with Gasteiger partial charge in [0, 0.05) is 25.9 Å². The van der Waals surface area contributed by atoms with Crippen molar-refractivity contribution in [1.82, 2.24) is 20.5 Å². The van der Waals surface area contributed by atoms with Crippen molar-refractivity contribution in [2.45, 2.75) is 97.4 Å². The van der Waals surface area contributed by atoms with E-state index in [0.717, 1.165) is 53.8 Å². The second-order valence-electron chi connectivity index (χ2n) is 11.8. The molecule has 2 heterocycles. The van der Waals surface area contributed by atoms with Gasteiger partial charge in [-0.2, -0.15) is 0 Å². The van der Waals surface area contributed by atoms with E-state index in [1.54, 1.807) is 11.3 Å². The van der Waals surface area contributed by atoms with Crippen molar-refractivity contribution in [3.05, 3.63) is 41.0 Å². The summed E-state index contributed by atoms with van der Waals surface area (Å²) >= 11 is 1.59. The summed E-state index contributed by atoms with van der Waals surface area (Å²) in [7, 11) is 0. The number of likely N-dealkylation sites (tertiary alicyclic amines) is 1. The molecule has 1 fully saturated rings. The van der Waals surface area contributed by atoms with E-state index in [-0.39, 0.29) is 30.7 Å². The van der Waals surface area contributed by atoms with E-state index in [0.29, 0.717) is 19.5 Å². The highest BCUT2D eigenvalue weighted by atomic mass is 32.1. The van der Waals surface area contributed by atoms with E-state index in [1.807, 2.05) is 57.5 Å². The summed E-state index contributed by atoms with van der Waals surface area (Å²) in [5, 5.41) is 16.2. The van der Waals surface area contributed by atoms with Crippen molar-refractivity contribution >= 4 is 29.1 Å². The number of amides is 3. The van der Waals surface area contributed by atoms with Crippen molar-refractivity contribution in [3.63, 3.8) is 0 Å². The largest absolute Gasteiger partial charge is 0.391 e. The van der Waals surface area contributed by atoms with Crippen LogP contribution in [0, 0.1) is 12.3 Å². The van der Waals surface area contributed by atoms with Gasteiger partial charge in [0.05, 0.1) is 22.2 Å². The Labute approximate surface area is 241 Å². The van der Waals surface area contributed by atoms with E-state index in [1.165, 1.54) is 4.90 Å². The van der Waals surface area contributed by atoms with Gasteiger partial charge in [-0.3, -0.25) is 14.4 Å². The average Bonchev–Trinajstić information content (AvgIpc) is 3.52. The molecular formula is C30H45N5O4S. The van der Waals surface area contributed by atoms with Gasteiger partial charge in [0.1, 0.15) is 12.1 Å². The third-order valence-electron chi connectivity index (χ3n) is 7.32. The number of aromatic nitrogens is 1. The summed E-state index contributed by atoms with van der Waals surface area (Å²) < 4.78 is 0. The highest BCUT2D eigenvalue weighted by molar-refractivity contribution is 7.13. The molecule has 0 saturated carbocycles. The molecule has 10 heteroatoms. The lowest BCUT2D eigenvalue weighted by molar-refractivity contribution is -0.144. The molecule has 0 aliphatic carbocycles. The Morgan fingerprint density at radius 2 is 1.80 bits per heavy atom. The van der Waals surface area contributed by atoms with E-state index in [4.69, 9.17) is 5.73 Å².